The summed E-state index contributed by atoms with van der Waals surface area (Å²) in [6.07, 6.45) is 5.68. The van der Waals surface area contributed by atoms with Gasteiger partial charge < -0.3 is 9.84 Å². The van der Waals surface area contributed by atoms with Crippen LogP contribution in [-0.4, -0.2) is 32.3 Å². The van der Waals surface area contributed by atoms with Gasteiger partial charge in [-0.2, -0.15) is 5.10 Å². The van der Waals surface area contributed by atoms with E-state index in [0.717, 1.165) is 34.3 Å². The van der Waals surface area contributed by atoms with Crippen molar-refractivity contribution in [1.29, 1.82) is 0 Å². The number of nitrogens with zero attached hydrogens (tertiary/aromatic N) is 3. The Hall–Kier alpha value is -2.44. The fraction of sp³-hybridized carbons (Fsp3) is 0.381. The van der Waals surface area contributed by atoms with E-state index < -0.39 is 0 Å². The third-order valence-electron chi connectivity index (χ3n) is 4.68. The number of aryl methyl sites for hydroxylation is 1. The number of aliphatic hydroxyl groups is 1. The molecule has 0 aliphatic carbocycles. The minimum atomic E-state index is -0.219. The Morgan fingerprint density at radius 1 is 1.29 bits per heavy atom. The van der Waals surface area contributed by atoms with E-state index in [2.05, 4.69) is 17.0 Å². The third kappa shape index (κ3) is 4.18. The average molecular weight is 402 g/mol. The molecular weight excluding hydrogens is 378 g/mol. The van der Waals surface area contributed by atoms with Crippen LogP contribution in [-0.2, 0) is 29.0 Å². The molecule has 0 atom stereocenters. The SMILES string of the molecule is CCOC(=O)CCCc1c(CO)nn2c(CC)ccc2c1-c1cncc(Cl)c1. The summed E-state index contributed by atoms with van der Waals surface area (Å²) in [5, 5.41) is 15.2. The van der Waals surface area contributed by atoms with Crippen molar-refractivity contribution in [2.45, 2.75) is 46.1 Å². The molecule has 0 spiro atoms. The molecule has 0 unspecified atom stereocenters. The number of pyridine rings is 1. The maximum absolute atomic E-state index is 11.7. The molecule has 0 radical (unpaired) electrons. The minimum absolute atomic E-state index is 0.187. The van der Waals surface area contributed by atoms with E-state index in [1.54, 1.807) is 19.3 Å². The Morgan fingerprint density at radius 2 is 2.11 bits per heavy atom. The number of aromatic nitrogens is 3. The maximum Gasteiger partial charge on any atom is 0.305 e. The van der Waals surface area contributed by atoms with Gasteiger partial charge in [0.05, 0.1) is 29.4 Å². The Labute approximate surface area is 169 Å². The first-order valence-electron chi connectivity index (χ1n) is 9.48. The predicted octanol–water partition coefficient (Wildman–Crippen LogP) is 3.99. The van der Waals surface area contributed by atoms with Crippen LogP contribution < -0.4 is 0 Å². The first-order valence-corrected chi connectivity index (χ1v) is 9.86. The van der Waals surface area contributed by atoms with Crippen molar-refractivity contribution in [1.82, 2.24) is 14.6 Å². The van der Waals surface area contributed by atoms with E-state index in [-0.39, 0.29) is 12.6 Å². The second kappa shape index (κ2) is 9.17. The van der Waals surface area contributed by atoms with Gasteiger partial charge in [-0.25, -0.2) is 4.52 Å². The second-order valence-electron chi connectivity index (χ2n) is 6.48. The van der Waals surface area contributed by atoms with Crippen molar-refractivity contribution in [3.05, 3.63) is 52.6 Å². The van der Waals surface area contributed by atoms with Crippen LogP contribution in [0.5, 0.6) is 0 Å². The molecule has 0 saturated heterocycles. The number of carbonyl (C=O) groups excluding carboxylic acids is 1. The first kappa shape index (κ1) is 20.3. The van der Waals surface area contributed by atoms with Crippen molar-refractivity contribution >= 4 is 23.1 Å². The van der Waals surface area contributed by atoms with Gasteiger partial charge in [0.2, 0.25) is 0 Å². The molecule has 0 aliphatic heterocycles. The Morgan fingerprint density at radius 3 is 2.79 bits per heavy atom. The summed E-state index contributed by atoms with van der Waals surface area (Å²) in [4.78, 5) is 15.9. The summed E-state index contributed by atoms with van der Waals surface area (Å²) in [6, 6.07) is 5.92. The summed E-state index contributed by atoms with van der Waals surface area (Å²) in [7, 11) is 0. The van der Waals surface area contributed by atoms with Crippen LogP contribution in [0.3, 0.4) is 0 Å². The van der Waals surface area contributed by atoms with Crippen LogP contribution >= 0.6 is 11.6 Å². The molecule has 0 bridgehead atoms. The van der Waals surface area contributed by atoms with Crippen LogP contribution in [0.25, 0.3) is 16.6 Å². The van der Waals surface area contributed by atoms with E-state index in [0.29, 0.717) is 36.6 Å². The van der Waals surface area contributed by atoms with Crippen molar-refractivity contribution in [2.24, 2.45) is 0 Å². The van der Waals surface area contributed by atoms with E-state index in [9.17, 15) is 9.90 Å². The van der Waals surface area contributed by atoms with Crippen LogP contribution in [0.1, 0.15) is 43.6 Å². The van der Waals surface area contributed by atoms with Gasteiger partial charge in [0.25, 0.3) is 0 Å². The Kier molecular flexibility index (Phi) is 6.65. The number of rotatable bonds is 8. The zero-order valence-corrected chi connectivity index (χ0v) is 16.9. The highest BCUT2D eigenvalue weighted by Crippen LogP contribution is 2.33. The lowest BCUT2D eigenvalue weighted by atomic mass is 9.95. The van der Waals surface area contributed by atoms with Gasteiger partial charge in [0.1, 0.15) is 0 Å². The van der Waals surface area contributed by atoms with Crippen molar-refractivity contribution in [3.63, 3.8) is 0 Å². The average Bonchev–Trinajstić information content (AvgIpc) is 3.09. The molecule has 7 heteroatoms. The van der Waals surface area contributed by atoms with Gasteiger partial charge in [0.15, 0.2) is 0 Å². The lowest BCUT2D eigenvalue weighted by Crippen LogP contribution is -2.10. The molecule has 0 fully saturated rings. The highest BCUT2D eigenvalue weighted by Gasteiger charge is 2.19. The van der Waals surface area contributed by atoms with E-state index in [4.69, 9.17) is 16.3 Å². The maximum atomic E-state index is 11.7. The van der Waals surface area contributed by atoms with Gasteiger partial charge in [-0.3, -0.25) is 9.78 Å². The molecule has 28 heavy (non-hydrogen) atoms. The molecule has 0 saturated carbocycles. The number of hydrogen-bond acceptors (Lipinski definition) is 5. The summed E-state index contributed by atoms with van der Waals surface area (Å²) < 4.78 is 6.89. The monoisotopic (exact) mass is 401 g/mol. The predicted molar refractivity (Wildman–Crippen MR) is 108 cm³/mol. The van der Waals surface area contributed by atoms with Crippen molar-refractivity contribution < 1.29 is 14.6 Å². The molecule has 6 nitrogen and oxygen atoms in total. The molecule has 3 aromatic rings. The number of hydrogen-bond donors (Lipinski definition) is 1. The molecule has 0 aliphatic rings. The molecule has 0 amide bonds. The number of ether oxygens (including phenoxy) is 1. The topological polar surface area (TPSA) is 76.7 Å². The Balaban J connectivity index is 2.11. The lowest BCUT2D eigenvalue weighted by molar-refractivity contribution is -0.143. The van der Waals surface area contributed by atoms with Crippen LogP contribution in [0.15, 0.2) is 30.6 Å². The summed E-state index contributed by atoms with van der Waals surface area (Å²) >= 11 is 6.19. The lowest BCUT2D eigenvalue weighted by Gasteiger charge is -2.16. The molecule has 0 aromatic carbocycles. The fourth-order valence-corrected chi connectivity index (χ4v) is 3.61. The van der Waals surface area contributed by atoms with E-state index in [1.807, 2.05) is 22.7 Å². The van der Waals surface area contributed by atoms with Crippen molar-refractivity contribution in [3.8, 4) is 11.1 Å². The largest absolute Gasteiger partial charge is 0.466 e. The molecule has 3 heterocycles. The molecule has 148 valence electrons. The second-order valence-corrected chi connectivity index (χ2v) is 6.92. The van der Waals surface area contributed by atoms with Gasteiger partial charge in [-0.05, 0) is 49.9 Å². The molecular formula is C21H24ClN3O3. The molecule has 3 aromatic heterocycles. The standard InChI is InChI=1S/C21H24ClN3O3/c1-3-16-8-9-19-21(14-10-15(22)12-23-11-14)17(18(13-26)24-25(16)19)6-5-7-20(27)28-4-2/h8-12,26H,3-7,13H2,1-2H3. The number of halogens is 1. The smallest absolute Gasteiger partial charge is 0.305 e. The van der Waals surface area contributed by atoms with Crippen molar-refractivity contribution in [2.75, 3.05) is 6.61 Å². The zero-order chi connectivity index (χ0) is 20.1. The van der Waals surface area contributed by atoms with Gasteiger partial charge in [-0.1, -0.05) is 18.5 Å². The van der Waals surface area contributed by atoms with Gasteiger partial charge in [-0.15, -0.1) is 0 Å². The number of esters is 1. The highest BCUT2D eigenvalue weighted by atomic mass is 35.5. The fourth-order valence-electron chi connectivity index (χ4n) is 3.44. The third-order valence-corrected chi connectivity index (χ3v) is 4.89. The van der Waals surface area contributed by atoms with Crippen LogP contribution in [0.4, 0.5) is 0 Å². The number of carbonyl (C=O) groups is 1. The molecule has 3 rings (SSSR count). The number of fused-ring (bicyclic) bond motifs is 1. The summed E-state index contributed by atoms with van der Waals surface area (Å²) in [5.41, 5.74) is 5.30. The normalized spacial score (nSPS) is 11.1. The van der Waals surface area contributed by atoms with Gasteiger partial charge in [0, 0.05) is 35.6 Å². The summed E-state index contributed by atoms with van der Waals surface area (Å²) in [5.74, 6) is -0.219. The Bertz CT molecular complexity index is 984. The number of aliphatic hydroxyl groups excluding tert-OH is 1. The quantitative estimate of drug-likeness (QED) is 0.577. The summed E-state index contributed by atoms with van der Waals surface area (Å²) in [6.45, 7) is 4.04. The zero-order valence-electron chi connectivity index (χ0n) is 16.1. The van der Waals surface area contributed by atoms with Gasteiger partial charge >= 0.3 is 5.97 Å². The van der Waals surface area contributed by atoms with E-state index >= 15 is 0 Å². The van der Waals surface area contributed by atoms with E-state index in [1.165, 1.54) is 0 Å². The minimum Gasteiger partial charge on any atom is -0.466 e. The van der Waals surface area contributed by atoms with Crippen LogP contribution in [0.2, 0.25) is 5.02 Å². The first-order chi connectivity index (χ1) is 13.6. The van der Waals surface area contributed by atoms with Crippen LogP contribution in [0, 0.1) is 0 Å². The highest BCUT2D eigenvalue weighted by molar-refractivity contribution is 6.30. The molecule has 1 N–H and O–H groups in total.